The van der Waals surface area contributed by atoms with E-state index in [0.29, 0.717) is 17.7 Å². The molecule has 110 valence electrons. The molecule has 0 spiro atoms. The summed E-state index contributed by atoms with van der Waals surface area (Å²) in [6.07, 6.45) is 1.88. The highest BCUT2D eigenvalue weighted by Crippen LogP contribution is 2.20. The summed E-state index contributed by atoms with van der Waals surface area (Å²) in [5.41, 5.74) is 1.90. The summed E-state index contributed by atoms with van der Waals surface area (Å²) >= 11 is 0. The molecule has 0 radical (unpaired) electrons. The van der Waals surface area contributed by atoms with E-state index >= 15 is 0 Å². The molecule has 4 rings (SSSR count). The van der Waals surface area contributed by atoms with Crippen LogP contribution in [0.15, 0.2) is 53.3 Å². The molecular weight excluding hydrogens is 276 g/mol. The molecule has 0 N–H and O–H groups in total. The van der Waals surface area contributed by atoms with Crippen LogP contribution in [0.25, 0.3) is 10.9 Å². The van der Waals surface area contributed by atoms with Gasteiger partial charge in [-0.15, -0.1) is 0 Å². The number of hydrogen-bond donors (Lipinski definition) is 0. The van der Waals surface area contributed by atoms with Gasteiger partial charge in [-0.1, -0.05) is 30.3 Å². The van der Waals surface area contributed by atoms with Gasteiger partial charge in [0.2, 0.25) is 0 Å². The van der Waals surface area contributed by atoms with Gasteiger partial charge in [0.1, 0.15) is 18.2 Å². The molecule has 4 heteroatoms. The van der Waals surface area contributed by atoms with Crippen molar-refractivity contribution in [3.8, 4) is 5.75 Å². The first-order valence-corrected chi connectivity index (χ1v) is 7.51. The topological polar surface area (TPSA) is 44.1 Å². The fourth-order valence-corrected chi connectivity index (χ4v) is 2.89. The molecule has 0 amide bonds. The molecule has 1 aromatic heterocycles. The Bertz CT molecular complexity index is 885. The number of fused-ring (bicyclic) bond motifs is 2. The van der Waals surface area contributed by atoms with Crippen LogP contribution in [0.1, 0.15) is 17.8 Å². The molecule has 0 unspecified atom stereocenters. The van der Waals surface area contributed by atoms with Crippen molar-refractivity contribution in [2.24, 2.45) is 0 Å². The predicted octanol–water partition coefficient (Wildman–Crippen LogP) is 2.92. The Hall–Kier alpha value is -2.62. The molecule has 3 aromatic rings. The lowest BCUT2D eigenvalue weighted by Crippen LogP contribution is -2.20. The lowest BCUT2D eigenvalue weighted by molar-refractivity contribution is 0.306. The average Bonchev–Trinajstić information content (AvgIpc) is 3.03. The lowest BCUT2D eigenvalue weighted by Gasteiger charge is -2.09. The van der Waals surface area contributed by atoms with Gasteiger partial charge in [-0.05, 0) is 30.2 Å². The summed E-state index contributed by atoms with van der Waals surface area (Å²) in [5.74, 6) is 1.60. The third-order valence-corrected chi connectivity index (χ3v) is 4.04. The molecule has 22 heavy (non-hydrogen) atoms. The van der Waals surface area contributed by atoms with Crippen LogP contribution in [0.4, 0.5) is 0 Å². The zero-order chi connectivity index (χ0) is 14.9. The van der Waals surface area contributed by atoms with E-state index in [2.05, 4.69) is 4.98 Å². The minimum atomic E-state index is 0.0441. The van der Waals surface area contributed by atoms with Gasteiger partial charge in [-0.3, -0.25) is 9.36 Å². The Morgan fingerprint density at radius 2 is 2.00 bits per heavy atom. The monoisotopic (exact) mass is 292 g/mol. The number of nitrogens with zero attached hydrogens (tertiary/aromatic N) is 2. The first-order chi connectivity index (χ1) is 10.8. The van der Waals surface area contributed by atoms with Gasteiger partial charge < -0.3 is 4.74 Å². The van der Waals surface area contributed by atoms with Gasteiger partial charge in [0.05, 0.1) is 10.9 Å². The molecule has 1 aliphatic rings. The van der Waals surface area contributed by atoms with E-state index in [0.717, 1.165) is 36.3 Å². The Balaban J connectivity index is 1.67. The zero-order valence-corrected chi connectivity index (χ0v) is 12.2. The maximum absolute atomic E-state index is 12.5. The third kappa shape index (κ3) is 2.26. The molecule has 0 aliphatic carbocycles. The van der Waals surface area contributed by atoms with E-state index in [1.54, 1.807) is 10.6 Å². The number of aryl methyl sites for hydroxylation is 1. The zero-order valence-electron chi connectivity index (χ0n) is 12.2. The first-order valence-electron chi connectivity index (χ1n) is 7.51. The molecular formula is C18H16N2O2. The largest absolute Gasteiger partial charge is 0.489 e. The molecule has 2 heterocycles. The standard InChI is InChI=1S/C18H16N2O2/c21-18-15-11-14(22-12-13-5-2-1-3-6-13)8-9-16(15)19-17-7-4-10-20(17)18/h1-3,5-6,8-9,11H,4,7,10,12H2. The predicted molar refractivity (Wildman–Crippen MR) is 85.1 cm³/mol. The number of ether oxygens (including phenoxy) is 1. The van der Waals surface area contributed by atoms with Crippen LogP contribution in [-0.4, -0.2) is 9.55 Å². The van der Waals surface area contributed by atoms with Crippen molar-refractivity contribution in [2.75, 3.05) is 0 Å². The van der Waals surface area contributed by atoms with E-state index in [4.69, 9.17) is 4.74 Å². The summed E-state index contributed by atoms with van der Waals surface area (Å²) < 4.78 is 7.58. The van der Waals surface area contributed by atoms with Crippen molar-refractivity contribution < 1.29 is 4.74 Å². The van der Waals surface area contributed by atoms with Crippen molar-refractivity contribution in [1.29, 1.82) is 0 Å². The SMILES string of the molecule is O=c1c2cc(OCc3ccccc3)ccc2nc2n1CCC2. The number of aromatic nitrogens is 2. The molecule has 4 nitrogen and oxygen atoms in total. The van der Waals surface area contributed by atoms with Crippen LogP contribution < -0.4 is 10.3 Å². The molecule has 0 saturated heterocycles. The summed E-state index contributed by atoms with van der Waals surface area (Å²) in [4.78, 5) is 17.1. The number of hydrogen-bond acceptors (Lipinski definition) is 3. The van der Waals surface area contributed by atoms with Crippen LogP contribution in [0.5, 0.6) is 5.75 Å². The van der Waals surface area contributed by atoms with Gasteiger partial charge in [0, 0.05) is 13.0 Å². The molecule has 0 saturated carbocycles. The van der Waals surface area contributed by atoms with Gasteiger partial charge >= 0.3 is 0 Å². The van der Waals surface area contributed by atoms with Crippen LogP contribution >= 0.6 is 0 Å². The highest BCUT2D eigenvalue weighted by Gasteiger charge is 2.16. The molecule has 0 bridgehead atoms. The second-order valence-corrected chi connectivity index (χ2v) is 5.54. The number of rotatable bonds is 3. The second kappa shape index (κ2) is 5.30. The quantitative estimate of drug-likeness (QED) is 0.745. The molecule has 1 aliphatic heterocycles. The Labute approximate surface area is 128 Å². The van der Waals surface area contributed by atoms with E-state index < -0.39 is 0 Å². The second-order valence-electron chi connectivity index (χ2n) is 5.54. The van der Waals surface area contributed by atoms with Gasteiger partial charge in [-0.2, -0.15) is 0 Å². The van der Waals surface area contributed by atoms with Crippen molar-refractivity contribution in [3.63, 3.8) is 0 Å². The Kier molecular flexibility index (Phi) is 3.15. The fraction of sp³-hybridized carbons (Fsp3) is 0.222. The highest BCUT2D eigenvalue weighted by molar-refractivity contribution is 5.79. The first kappa shape index (κ1) is 13.1. The summed E-state index contributed by atoms with van der Waals surface area (Å²) in [6, 6.07) is 15.5. The van der Waals surface area contributed by atoms with Crippen LogP contribution in [0, 0.1) is 0 Å². The summed E-state index contributed by atoms with van der Waals surface area (Å²) in [7, 11) is 0. The minimum Gasteiger partial charge on any atom is -0.489 e. The van der Waals surface area contributed by atoms with E-state index in [9.17, 15) is 4.79 Å². The van der Waals surface area contributed by atoms with E-state index in [1.807, 2.05) is 42.5 Å². The van der Waals surface area contributed by atoms with Gasteiger partial charge in [0.15, 0.2) is 0 Å². The average molecular weight is 292 g/mol. The Morgan fingerprint density at radius 1 is 1.14 bits per heavy atom. The normalized spacial score (nSPS) is 13.3. The third-order valence-electron chi connectivity index (χ3n) is 4.04. The lowest BCUT2D eigenvalue weighted by atomic mass is 10.2. The fourth-order valence-electron chi connectivity index (χ4n) is 2.89. The van der Waals surface area contributed by atoms with Crippen molar-refractivity contribution in [2.45, 2.75) is 26.0 Å². The highest BCUT2D eigenvalue weighted by atomic mass is 16.5. The van der Waals surface area contributed by atoms with Crippen molar-refractivity contribution in [3.05, 3.63) is 70.3 Å². The van der Waals surface area contributed by atoms with Gasteiger partial charge in [-0.25, -0.2) is 4.98 Å². The maximum Gasteiger partial charge on any atom is 0.261 e. The van der Waals surface area contributed by atoms with Gasteiger partial charge in [0.25, 0.3) is 5.56 Å². The van der Waals surface area contributed by atoms with Crippen LogP contribution in [-0.2, 0) is 19.6 Å². The van der Waals surface area contributed by atoms with E-state index in [1.165, 1.54) is 0 Å². The van der Waals surface area contributed by atoms with Crippen molar-refractivity contribution in [1.82, 2.24) is 9.55 Å². The van der Waals surface area contributed by atoms with Crippen molar-refractivity contribution >= 4 is 10.9 Å². The van der Waals surface area contributed by atoms with E-state index in [-0.39, 0.29) is 5.56 Å². The summed E-state index contributed by atoms with van der Waals surface area (Å²) in [6.45, 7) is 1.26. The smallest absolute Gasteiger partial charge is 0.261 e. The van der Waals surface area contributed by atoms with Crippen LogP contribution in [0.2, 0.25) is 0 Å². The van der Waals surface area contributed by atoms with Crippen LogP contribution in [0.3, 0.4) is 0 Å². The Morgan fingerprint density at radius 3 is 2.86 bits per heavy atom. The summed E-state index contributed by atoms with van der Waals surface area (Å²) in [5, 5.41) is 0.635. The number of benzene rings is 2. The molecule has 0 atom stereocenters. The molecule has 0 fully saturated rings. The minimum absolute atomic E-state index is 0.0441. The molecule has 2 aromatic carbocycles. The maximum atomic E-state index is 12.5.